The van der Waals surface area contributed by atoms with E-state index in [0.29, 0.717) is 37.1 Å². The standard InChI is InChI=1S/C31H28F6N6O2S/c1-42(15-7-16(44)8-15)28-18-9-20(31(35,36)37)23(17-3-4-21(33)26-22(17)19(11-38)27(39)46-26)24(34)25(18)40-29(41-28)45-13-30-5-2-6-43(30)12-14(32)10-30/h3-4,9,14-16,44H,2,5-8,10,12-13,39H2,1H3. The number of rotatable bonds is 6. The molecule has 46 heavy (non-hydrogen) atoms. The average molecular weight is 663 g/mol. The van der Waals surface area contributed by atoms with Gasteiger partial charge in [-0.1, -0.05) is 6.07 Å². The summed E-state index contributed by atoms with van der Waals surface area (Å²) in [7, 11) is 1.58. The van der Waals surface area contributed by atoms with E-state index in [1.807, 2.05) is 11.0 Å². The third kappa shape index (κ3) is 4.80. The van der Waals surface area contributed by atoms with Crippen LogP contribution in [-0.2, 0) is 6.18 Å². The first-order valence-electron chi connectivity index (χ1n) is 14.8. The first-order valence-corrected chi connectivity index (χ1v) is 15.6. The fraction of sp³-hybridized carbons (Fsp3) is 0.452. The van der Waals surface area contributed by atoms with Crippen molar-refractivity contribution in [2.24, 2.45) is 0 Å². The molecule has 2 unspecified atom stereocenters. The van der Waals surface area contributed by atoms with Gasteiger partial charge >= 0.3 is 12.2 Å². The number of thiophene rings is 1. The largest absolute Gasteiger partial charge is 0.461 e. The number of ether oxygens (including phenoxy) is 1. The van der Waals surface area contributed by atoms with Crippen LogP contribution in [0.5, 0.6) is 6.01 Å². The van der Waals surface area contributed by atoms with Crippen LogP contribution in [0.2, 0.25) is 0 Å². The van der Waals surface area contributed by atoms with Gasteiger partial charge in [0.25, 0.3) is 0 Å². The minimum Gasteiger partial charge on any atom is -0.461 e. The Hall–Kier alpha value is -3.87. The van der Waals surface area contributed by atoms with Crippen LogP contribution in [0.4, 0.5) is 37.2 Å². The van der Waals surface area contributed by atoms with Gasteiger partial charge < -0.3 is 20.5 Å². The molecule has 4 aromatic rings. The van der Waals surface area contributed by atoms with Crippen molar-refractivity contribution in [3.8, 4) is 23.2 Å². The predicted molar refractivity (Wildman–Crippen MR) is 160 cm³/mol. The van der Waals surface area contributed by atoms with Crippen LogP contribution < -0.4 is 15.4 Å². The lowest BCUT2D eigenvalue weighted by Gasteiger charge is -2.39. The van der Waals surface area contributed by atoms with E-state index in [1.54, 1.807) is 11.9 Å². The topological polar surface area (TPSA) is 112 Å². The second kappa shape index (κ2) is 10.9. The average Bonchev–Trinajstić information content (AvgIpc) is 3.63. The molecule has 3 N–H and O–H groups in total. The highest BCUT2D eigenvalue weighted by Gasteiger charge is 2.49. The Labute approximate surface area is 263 Å². The Morgan fingerprint density at radius 1 is 1.26 bits per heavy atom. The Bertz CT molecular complexity index is 1920. The van der Waals surface area contributed by atoms with E-state index in [0.717, 1.165) is 24.6 Å². The zero-order valence-electron chi connectivity index (χ0n) is 24.5. The van der Waals surface area contributed by atoms with E-state index >= 15 is 4.39 Å². The number of nitrogens with zero attached hydrogens (tertiary/aromatic N) is 5. The maximum atomic E-state index is 16.8. The molecule has 4 heterocycles. The van der Waals surface area contributed by atoms with Crippen LogP contribution in [-0.4, -0.2) is 70.6 Å². The third-order valence-corrected chi connectivity index (χ3v) is 10.6. The number of aliphatic hydroxyl groups is 1. The molecule has 15 heteroatoms. The molecule has 2 aliphatic heterocycles. The fourth-order valence-electron chi connectivity index (χ4n) is 7.22. The Morgan fingerprint density at radius 2 is 2.02 bits per heavy atom. The van der Waals surface area contributed by atoms with E-state index < -0.39 is 52.3 Å². The molecule has 2 aromatic carbocycles. The summed E-state index contributed by atoms with van der Waals surface area (Å²) in [4.78, 5) is 12.3. The minimum absolute atomic E-state index is 0.00235. The second-order valence-electron chi connectivity index (χ2n) is 12.3. The summed E-state index contributed by atoms with van der Waals surface area (Å²) in [5.74, 6) is -2.23. The highest BCUT2D eigenvalue weighted by atomic mass is 32.1. The van der Waals surface area contributed by atoms with Crippen molar-refractivity contribution in [2.75, 3.05) is 37.4 Å². The van der Waals surface area contributed by atoms with E-state index in [9.17, 15) is 32.3 Å². The van der Waals surface area contributed by atoms with Crippen molar-refractivity contribution < 1.29 is 36.2 Å². The van der Waals surface area contributed by atoms with Crippen molar-refractivity contribution >= 4 is 43.1 Å². The van der Waals surface area contributed by atoms with Crippen LogP contribution in [0.15, 0.2) is 18.2 Å². The number of alkyl halides is 4. The molecule has 242 valence electrons. The zero-order chi connectivity index (χ0) is 32.7. The molecule has 0 spiro atoms. The maximum absolute atomic E-state index is 16.8. The third-order valence-electron chi connectivity index (χ3n) is 9.60. The number of nitrogen functional groups attached to an aromatic ring is 1. The van der Waals surface area contributed by atoms with E-state index in [-0.39, 0.29) is 69.0 Å². The zero-order valence-corrected chi connectivity index (χ0v) is 25.3. The number of nitrogens with two attached hydrogens (primary N) is 1. The summed E-state index contributed by atoms with van der Waals surface area (Å²) in [6.07, 6.45) is -4.31. The number of hydrogen-bond acceptors (Lipinski definition) is 9. The van der Waals surface area contributed by atoms with E-state index in [1.165, 1.54) is 0 Å². The van der Waals surface area contributed by atoms with Crippen LogP contribution >= 0.6 is 11.3 Å². The number of halogens is 6. The van der Waals surface area contributed by atoms with Crippen LogP contribution in [0.25, 0.3) is 32.1 Å². The molecule has 3 aliphatic rings. The monoisotopic (exact) mass is 662 g/mol. The summed E-state index contributed by atoms with van der Waals surface area (Å²) in [5, 5.41) is 19.1. The number of aromatic nitrogens is 2. The summed E-state index contributed by atoms with van der Waals surface area (Å²) in [6.45, 7) is 0.960. The molecule has 0 radical (unpaired) electrons. The van der Waals surface area contributed by atoms with Crippen molar-refractivity contribution in [3.05, 3.63) is 41.0 Å². The molecule has 2 saturated heterocycles. The summed E-state index contributed by atoms with van der Waals surface area (Å²) in [5.41, 5.74) is 1.91. The molecular formula is C31H28F6N6O2S. The van der Waals surface area contributed by atoms with Crippen molar-refractivity contribution in [1.82, 2.24) is 14.9 Å². The molecule has 0 amide bonds. The van der Waals surface area contributed by atoms with Gasteiger partial charge in [0.2, 0.25) is 0 Å². The fourth-order valence-corrected chi connectivity index (χ4v) is 8.17. The highest BCUT2D eigenvalue weighted by molar-refractivity contribution is 7.23. The molecule has 0 bridgehead atoms. The Balaban J connectivity index is 1.45. The van der Waals surface area contributed by atoms with Gasteiger partial charge in [0.05, 0.1) is 27.5 Å². The first kappa shape index (κ1) is 30.8. The molecule has 2 aromatic heterocycles. The summed E-state index contributed by atoms with van der Waals surface area (Å²) >= 11 is 0.682. The van der Waals surface area contributed by atoms with Gasteiger partial charge in [0, 0.05) is 42.4 Å². The molecule has 7 rings (SSSR count). The molecule has 8 nitrogen and oxygen atoms in total. The number of hydrogen-bond donors (Lipinski definition) is 2. The van der Waals surface area contributed by atoms with Gasteiger partial charge in [-0.3, -0.25) is 4.90 Å². The van der Waals surface area contributed by atoms with Crippen LogP contribution in [0, 0.1) is 23.0 Å². The number of fused-ring (bicyclic) bond motifs is 3. The normalized spacial score (nSPS) is 24.7. The second-order valence-corrected chi connectivity index (χ2v) is 13.4. The highest BCUT2D eigenvalue weighted by Crippen LogP contribution is 2.48. The van der Waals surface area contributed by atoms with Gasteiger partial charge in [-0.15, -0.1) is 11.3 Å². The van der Waals surface area contributed by atoms with E-state index in [2.05, 4.69) is 9.97 Å². The lowest BCUT2D eigenvalue weighted by molar-refractivity contribution is -0.137. The van der Waals surface area contributed by atoms with E-state index in [4.69, 9.17) is 10.5 Å². The van der Waals surface area contributed by atoms with Crippen LogP contribution in [0.3, 0.4) is 0 Å². The number of nitriles is 1. The molecular weight excluding hydrogens is 634 g/mol. The predicted octanol–water partition coefficient (Wildman–Crippen LogP) is 6.18. The number of aliphatic hydroxyl groups excluding tert-OH is 1. The summed E-state index contributed by atoms with van der Waals surface area (Å²) < 4.78 is 96.2. The molecule has 3 fully saturated rings. The van der Waals surface area contributed by atoms with Gasteiger partial charge in [0.15, 0.2) is 5.82 Å². The van der Waals surface area contributed by atoms with Crippen LogP contribution in [0.1, 0.15) is 43.2 Å². The smallest absolute Gasteiger partial charge is 0.417 e. The van der Waals surface area contributed by atoms with Gasteiger partial charge in [0.1, 0.15) is 41.0 Å². The van der Waals surface area contributed by atoms with Crippen molar-refractivity contribution in [3.63, 3.8) is 0 Å². The van der Waals surface area contributed by atoms with Gasteiger partial charge in [-0.25, -0.2) is 13.2 Å². The maximum Gasteiger partial charge on any atom is 0.417 e. The Kier molecular flexibility index (Phi) is 7.26. The van der Waals surface area contributed by atoms with Gasteiger partial charge in [-0.05, 0) is 49.9 Å². The molecule has 1 saturated carbocycles. The first-order chi connectivity index (χ1) is 21.8. The SMILES string of the molecule is CN(c1nc(OCC23CCCN2CC(F)C3)nc2c(F)c(-c3ccc(F)c4sc(N)c(C#N)c34)c(C(F)(F)F)cc12)C1CC(O)C1. The summed E-state index contributed by atoms with van der Waals surface area (Å²) in [6, 6.07) is 3.85. The quantitative estimate of drug-likeness (QED) is 0.236. The van der Waals surface area contributed by atoms with Gasteiger partial charge in [-0.2, -0.15) is 28.4 Å². The number of benzene rings is 2. The lowest BCUT2D eigenvalue weighted by Crippen LogP contribution is -2.46. The molecule has 2 atom stereocenters. The lowest BCUT2D eigenvalue weighted by atomic mass is 9.88. The molecule has 1 aliphatic carbocycles. The Morgan fingerprint density at radius 3 is 2.72 bits per heavy atom. The number of anilines is 2. The van der Waals surface area contributed by atoms with Crippen molar-refractivity contribution in [1.29, 1.82) is 5.26 Å². The minimum atomic E-state index is -5.09. The van der Waals surface area contributed by atoms with Crippen molar-refractivity contribution in [2.45, 2.75) is 62.1 Å².